The van der Waals surface area contributed by atoms with Crippen LogP contribution in [-0.2, 0) is 11.2 Å². The summed E-state index contributed by atoms with van der Waals surface area (Å²) >= 11 is 0. The van der Waals surface area contributed by atoms with Crippen molar-refractivity contribution in [3.05, 3.63) is 35.9 Å². The van der Waals surface area contributed by atoms with Crippen LogP contribution in [0.3, 0.4) is 0 Å². The van der Waals surface area contributed by atoms with Crippen molar-refractivity contribution in [3.63, 3.8) is 0 Å². The predicted molar refractivity (Wildman–Crippen MR) is 73.7 cm³/mol. The molecule has 5 heteroatoms. The standard InChI is InChI=1S/C15H22F3NO/c1-19-11-14(10-13-6-3-2-4-7-13)8-5-9-20-12-15(16,17)18/h2-4,6-7,14,19H,5,8-12H2,1H3. The third kappa shape index (κ3) is 8.17. The molecule has 0 aliphatic heterocycles. The molecule has 0 saturated carbocycles. The molecule has 1 aromatic rings. The minimum atomic E-state index is -4.23. The lowest BCUT2D eigenvalue weighted by atomic mass is 9.95. The topological polar surface area (TPSA) is 21.3 Å². The smallest absolute Gasteiger partial charge is 0.372 e. The molecular formula is C15H22F3NO. The maximum absolute atomic E-state index is 11.9. The molecule has 0 saturated heterocycles. The molecule has 0 aliphatic rings. The average Bonchev–Trinajstić information content (AvgIpc) is 2.38. The van der Waals surface area contributed by atoms with E-state index in [1.54, 1.807) is 0 Å². The first-order chi connectivity index (χ1) is 9.51. The molecule has 0 heterocycles. The SMILES string of the molecule is CNCC(CCCOCC(F)(F)F)Cc1ccccc1. The van der Waals surface area contributed by atoms with Crippen molar-refractivity contribution in [1.82, 2.24) is 5.32 Å². The minimum Gasteiger partial charge on any atom is -0.372 e. The summed E-state index contributed by atoms with van der Waals surface area (Å²) in [5, 5.41) is 3.13. The number of halogens is 3. The number of alkyl halides is 3. The van der Waals surface area contributed by atoms with Gasteiger partial charge in [0.25, 0.3) is 0 Å². The number of ether oxygens (including phenoxy) is 1. The highest BCUT2D eigenvalue weighted by molar-refractivity contribution is 5.15. The number of benzene rings is 1. The molecular weight excluding hydrogens is 267 g/mol. The van der Waals surface area contributed by atoms with Crippen LogP contribution in [0.4, 0.5) is 13.2 Å². The maximum Gasteiger partial charge on any atom is 0.411 e. The van der Waals surface area contributed by atoms with Crippen LogP contribution in [0.25, 0.3) is 0 Å². The molecule has 1 N–H and O–H groups in total. The van der Waals surface area contributed by atoms with Gasteiger partial charge in [-0.2, -0.15) is 13.2 Å². The summed E-state index contributed by atoms with van der Waals surface area (Å²) in [6.45, 7) is -0.134. The van der Waals surface area contributed by atoms with Gasteiger partial charge < -0.3 is 10.1 Å². The van der Waals surface area contributed by atoms with E-state index in [1.807, 2.05) is 25.2 Å². The van der Waals surface area contributed by atoms with Crippen molar-refractivity contribution in [1.29, 1.82) is 0 Å². The highest BCUT2D eigenvalue weighted by Gasteiger charge is 2.27. The van der Waals surface area contributed by atoms with Crippen molar-refractivity contribution in [2.75, 3.05) is 26.8 Å². The number of hydrogen-bond donors (Lipinski definition) is 1. The molecule has 114 valence electrons. The summed E-state index contributed by atoms with van der Waals surface area (Å²) in [5.74, 6) is 0.414. The Hall–Kier alpha value is -1.07. The van der Waals surface area contributed by atoms with Crippen molar-refractivity contribution >= 4 is 0 Å². The Morgan fingerprint density at radius 1 is 1.20 bits per heavy atom. The second-order valence-corrected chi connectivity index (χ2v) is 4.92. The third-order valence-electron chi connectivity index (χ3n) is 3.03. The Bertz CT molecular complexity index is 354. The first kappa shape index (κ1) is 17.0. The zero-order valence-corrected chi connectivity index (χ0v) is 11.7. The summed E-state index contributed by atoms with van der Waals surface area (Å²) < 4.78 is 40.4. The van der Waals surface area contributed by atoms with E-state index in [0.717, 1.165) is 19.4 Å². The Labute approximate surface area is 118 Å². The van der Waals surface area contributed by atoms with E-state index in [1.165, 1.54) is 5.56 Å². The highest BCUT2D eigenvalue weighted by Crippen LogP contribution is 2.16. The van der Waals surface area contributed by atoms with Gasteiger partial charge in [0, 0.05) is 6.61 Å². The van der Waals surface area contributed by atoms with Crippen LogP contribution >= 0.6 is 0 Å². The largest absolute Gasteiger partial charge is 0.411 e. The summed E-state index contributed by atoms with van der Waals surface area (Å²) in [7, 11) is 1.89. The predicted octanol–water partition coefficient (Wildman–Crippen LogP) is 3.42. The maximum atomic E-state index is 11.9. The van der Waals surface area contributed by atoms with E-state index in [9.17, 15) is 13.2 Å². The van der Waals surface area contributed by atoms with Crippen molar-refractivity contribution in [2.24, 2.45) is 5.92 Å². The Morgan fingerprint density at radius 2 is 1.90 bits per heavy atom. The van der Waals surface area contributed by atoms with Crippen LogP contribution in [0.1, 0.15) is 18.4 Å². The first-order valence-electron chi connectivity index (χ1n) is 6.84. The van der Waals surface area contributed by atoms with Crippen LogP contribution in [0.5, 0.6) is 0 Å². The summed E-state index contributed by atoms with van der Waals surface area (Å²) in [4.78, 5) is 0. The summed E-state index contributed by atoms with van der Waals surface area (Å²) in [6.07, 6.45) is -1.79. The monoisotopic (exact) mass is 289 g/mol. The van der Waals surface area contributed by atoms with Gasteiger partial charge in [-0.1, -0.05) is 30.3 Å². The van der Waals surface area contributed by atoms with Gasteiger partial charge in [0.2, 0.25) is 0 Å². The second kappa shape index (κ2) is 8.97. The first-order valence-corrected chi connectivity index (χ1v) is 6.84. The molecule has 0 aromatic heterocycles. The Kier molecular flexibility index (Phi) is 7.62. The number of hydrogen-bond acceptors (Lipinski definition) is 2. The van der Waals surface area contributed by atoms with Gasteiger partial charge >= 0.3 is 6.18 Å². The zero-order valence-electron chi connectivity index (χ0n) is 11.7. The molecule has 0 spiro atoms. The average molecular weight is 289 g/mol. The quantitative estimate of drug-likeness (QED) is 0.703. The molecule has 1 rings (SSSR count). The van der Waals surface area contributed by atoms with Crippen LogP contribution in [0.2, 0.25) is 0 Å². The second-order valence-electron chi connectivity index (χ2n) is 4.92. The molecule has 0 bridgehead atoms. The fourth-order valence-corrected chi connectivity index (χ4v) is 2.17. The van der Waals surface area contributed by atoms with E-state index in [-0.39, 0.29) is 6.61 Å². The lowest BCUT2D eigenvalue weighted by molar-refractivity contribution is -0.174. The van der Waals surface area contributed by atoms with Crippen LogP contribution in [0, 0.1) is 5.92 Å². The van der Waals surface area contributed by atoms with Gasteiger partial charge in [0.1, 0.15) is 6.61 Å². The van der Waals surface area contributed by atoms with Crippen LogP contribution in [0.15, 0.2) is 30.3 Å². The van der Waals surface area contributed by atoms with Crippen LogP contribution in [-0.4, -0.2) is 33.0 Å². The molecule has 0 aliphatic carbocycles. The van der Waals surface area contributed by atoms with E-state index in [4.69, 9.17) is 0 Å². The lowest BCUT2D eigenvalue weighted by Crippen LogP contribution is -2.22. The zero-order chi connectivity index (χ0) is 14.8. The van der Waals surface area contributed by atoms with E-state index < -0.39 is 12.8 Å². The molecule has 2 nitrogen and oxygen atoms in total. The van der Waals surface area contributed by atoms with Crippen LogP contribution < -0.4 is 5.32 Å². The fourth-order valence-electron chi connectivity index (χ4n) is 2.17. The summed E-state index contributed by atoms with van der Waals surface area (Å²) in [6, 6.07) is 10.1. The third-order valence-corrected chi connectivity index (χ3v) is 3.03. The van der Waals surface area contributed by atoms with Crippen molar-refractivity contribution < 1.29 is 17.9 Å². The molecule has 1 atom stereocenters. The van der Waals surface area contributed by atoms with Gasteiger partial charge in [-0.25, -0.2) is 0 Å². The number of rotatable bonds is 9. The van der Waals surface area contributed by atoms with Crippen molar-refractivity contribution in [2.45, 2.75) is 25.4 Å². The molecule has 20 heavy (non-hydrogen) atoms. The normalized spacial score (nSPS) is 13.4. The van der Waals surface area contributed by atoms with Gasteiger partial charge in [-0.3, -0.25) is 0 Å². The molecule has 0 fully saturated rings. The Balaban J connectivity index is 2.25. The lowest BCUT2D eigenvalue weighted by Gasteiger charge is -2.17. The van der Waals surface area contributed by atoms with E-state index >= 15 is 0 Å². The van der Waals surface area contributed by atoms with Gasteiger partial charge in [0.15, 0.2) is 0 Å². The Morgan fingerprint density at radius 3 is 2.50 bits per heavy atom. The highest BCUT2D eigenvalue weighted by atomic mass is 19.4. The molecule has 1 aromatic carbocycles. The van der Waals surface area contributed by atoms with E-state index in [0.29, 0.717) is 12.3 Å². The molecule has 0 amide bonds. The van der Waals surface area contributed by atoms with Gasteiger partial charge in [0.05, 0.1) is 0 Å². The minimum absolute atomic E-state index is 0.161. The number of nitrogens with one attached hydrogen (secondary N) is 1. The van der Waals surface area contributed by atoms with Crippen molar-refractivity contribution in [3.8, 4) is 0 Å². The van der Waals surface area contributed by atoms with E-state index in [2.05, 4.69) is 22.2 Å². The summed E-state index contributed by atoms with van der Waals surface area (Å²) in [5.41, 5.74) is 1.25. The molecule has 1 unspecified atom stereocenters. The fraction of sp³-hybridized carbons (Fsp3) is 0.600. The molecule has 0 radical (unpaired) electrons. The van der Waals surface area contributed by atoms with Gasteiger partial charge in [-0.15, -0.1) is 0 Å². The van der Waals surface area contributed by atoms with Gasteiger partial charge in [-0.05, 0) is 44.3 Å².